The average Bonchev–Trinajstić information content (AvgIpc) is 2.75. The fourth-order valence-electron chi connectivity index (χ4n) is 4.97. The second kappa shape index (κ2) is 4.23. The van der Waals surface area contributed by atoms with E-state index in [4.69, 9.17) is 9.47 Å². The first-order valence-corrected chi connectivity index (χ1v) is 7.52. The molecule has 0 amide bonds. The number of allylic oxidation sites excluding steroid dienone is 1. The minimum absolute atomic E-state index is 0.0701. The van der Waals surface area contributed by atoms with Crippen LogP contribution in [0.1, 0.15) is 46.5 Å². The van der Waals surface area contributed by atoms with Gasteiger partial charge in [0.05, 0.1) is 6.61 Å². The number of cyclic esters (lactones) is 1. The van der Waals surface area contributed by atoms with E-state index < -0.39 is 11.8 Å². The standard InChI is InChI=1S/C16H24O4/c1-14(2)7-4-8-15(3)12(14)6-5-11(9-17)16(15)10-19-13(18)20-16/h5,12,17H,4,6-10H2,1-3H3. The second-order valence-electron chi connectivity index (χ2n) is 7.40. The Morgan fingerprint density at radius 2 is 2.10 bits per heavy atom. The lowest BCUT2D eigenvalue weighted by atomic mass is 9.47. The molecule has 2 fully saturated rings. The molecular formula is C16H24O4. The molecular weight excluding hydrogens is 256 g/mol. The van der Waals surface area contributed by atoms with Crippen LogP contribution in [0.15, 0.2) is 11.6 Å². The minimum Gasteiger partial charge on any atom is -0.430 e. The maximum absolute atomic E-state index is 11.6. The SMILES string of the molecule is CC1(C)CCCC2(C)C1CC=C(CO)C21COC(=O)O1. The van der Waals surface area contributed by atoms with Crippen LogP contribution in [-0.4, -0.2) is 30.1 Å². The lowest BCUT2D eigenvalue weighted by Crippen LogP contribution is -2.61. The first-order valence-electron chi connectivity index (χ1n) is 7.52. The van der Waals surface area contributed by atoms with Crippen molar-refractivity contribution in [1.29, 1.82) is 0 Å². The lowest BCUT2D eigenvalue weighted by Gasteiger charge is -2.59. The van der Waals surface area contributed by atoms with Gasteiger partial charge < -0.3 is 14.6 Å². The molecule has 0 bridgehead atoms. The number of aliphatic hydroxyl groups excluding tert-OH is 1. The molecule has 20 heavy (non-hydrogen) atoms. The molecule has 0 radical (unpaired) electrons. The summed E-state index contributed by atoms with van der Waals surface area (Å²) in [6, 6.07) is 0. The number of hydrogen-bond acceptors (Lipinski definition) is 4. The van der Waals surface area contributed by atoms with Gasteiger partial charge in [-0.1, -0.05) is 33.3 Å². The van der Waals surface area contributed by atoms with Gasteiger partial charge in [0.25, 0.3) is 0 Å². The molecule has 3 aliphatic rings. The van der Waals surface area contributed by atoms with Gasteiger partial charge in [-0.2, -0.15) is 0 Å². The highest BCUT2D eigenvalue weighted by atomic mass is 16.8. The van der Waals surface area contributed by atoms with E-state index in [1.807, 2.05) is 0 Å². The third kappa shape index (κ3) is 1.60. The molecule has 112 valence electrons. The number of rotatable bonds is 1. The lowest BCUT2D eigenvalue weighted by molar-refractivity contribution is -0.129. The molecule has 0 aromatic rings. The highest BCUT2D eigenvalue weighted by Crippen LogP contribution is 2.63. The maximum atomic E-state index is 11.6. The van der Waals surface area contributed by atoms with Crippen LogP contribution < -0.4 is 0 Å². The normalized spacial score (nSPS) is 42.7. The Kier molecular flexibility index (Phi) is 2.95. The Hall–Kier alpha value is -1.03. The summed E-state index contributed by atoms with van der Waals surface area (Å²) in [5.41, 5.74) is 0.111. The predicted molar refractivity (Wildman–Crippen MR) is 74.2 cm³/mol. The van der Waals surface area contributed by atoms with Gasteiger partial charge in [0, 0.05) is 5.41 Å². The van der Waals surface area contributed by atoms with Crippen molar-refractivity contribution in [3.8, 4) is 0 Å². The number of ether oxygens (including phenoxy) is 2. The van der Waals surface area contributed by atoms with Crippen LogP contribution in [0.3, 0.4) is 0 Å². The minimum atomic E-state index is -0.764. The monoisotopic (exact) mass is 280 g/mol. The zero-order valence-electron chi connectivity index (χ0n) is 12.6. The van der Waals surface area contributed by atoms with Gasteiger partial charge in [-0.25, -0.2) is 4.79 Å². The third-order valence-electron chi connectivity index (χ3n) is 6.09. The fourth-order valence-corrected chi connectivity index (χ4v) is 4.97. The Morgan fingerprint density at radius 3 is 2.70 bits per heavy atom. The van der Waals surface area contributed by atoms with E-state index in [0.29, 0.717) is 5.92 Å². The van der Waals surface area contributed by atoms with E-state index in [9.17, 15) is 9.90 Å². The summed E-state index contributed by atoms with van der Waals surface area (Å²) >= 11 is 0. The van der Waals surface area contributed by atoms with Crippen molar-refractivity contribution in [1.82, 2.24) is 0 Å². The third-order valence-corrected chi connectivity index (χ3v) is 6.09. The smallest absolute Gasteiger partial charge is 0.430 e. The number of hydrogen-bond donors (Lipinski definition) is 1. The van der Waals surface area contributed by atoms with Gasteiger partial charge in [-0.3, -0.25) is 0 Å². The first-order chi connectivity index (χ1) is 9.36. The van der Waals surface area contributed by atoms with Crippen molar-refractivity contribution in [2.24, 2.45) is 16.7 Å². The summed E-state index contributed by atoms with van der Waals surface area (Å²) in [5, 5.41) is 9.72. The van der Waals surface area contributed by atoms with E-state index in [1.165, 1.54) is 6.42 Å². The van der Waals surface area contributed by atoms with Gasteiger partial charge in [0.15, 0.2) is 5.60 Å². The van der Waals surface area contributed by atoms with E-state index in [-0.39, 0.29) is 24.0 Å². The number of aliphatic hydroxyl groups is 1. The van der Waals surface area contributed by atoms with Crippen LogP contribution in [0.5, 0.6) is 0 Å². The quantitative estimate of drug-likeness (QED) is 0.592. The molecule has 0 aromatic heterocycles. The summed E-state index contributed by atoms with van der Waals surface area (Å²) in [5.74, 6) is 0.438. The molecule has 3 atom stereocenters. The molecule has 2 aliphatic carbocycles. The van der Waals surface area contributed by atoms with Gasteiger partial charge in [0.2, 0.25) is 0 Å². The molecule has 1 saturated carbocycles. The highest BCUT2D eigenvalue weighted by molar-refractivity contribution is 5.64. The topological polar surface area (TPSA) is 55.8 Å². The van der Waals surface area contributed by atoms with Gasteiger partial charge >= 0.3 is 6.16 Å². The summed E-state index contributed by atoms with van der Waals surface area (Å²) < 4.78 is 10.8. The molecule has 1 spiro atoms. The Morgan fingerprint density at radius 1 is 1.35 bits per heavy atom. The van der Waals surface area contributed by atoms with Crippen molar-refractivity contribution < 1.29 is 19.4 Å². The molecule has 1 N–H and O–H groups in total. The van der Waals surface area contributed by atoms with Gasteiger partial charge in [-0.05, 0) is 36.2 Å². The van der Waals surface area contributed by atoms with Crippen molar-refractivity contribution in [3.63, 3.8) is 0 Å². The number of fused-ring (bicyclic) bond motifs is 2. The van der Waals surface area contributed by atoms with Crippen LogP contribution in [-0.2, 0) is 9.47 Å². The Bertz CT molecular complexity index is 467. The van der Waals surface area contributed by atoms with Crippen LogP contribution in [0, 0.1) is 16.7 Å². The zero-order valence-corrected chi connectivity index (χ0v) is 12.6. The molecule has 4 heteroatoms. The van der Waals surface area contributed by atoms with Crippen LogP contribution >= 0.6 is 0 Å². The summed E-state index contributed by atoms with van der Waals surface area (Å²) in [6.45, 7) is 6.99. The van der Waals surface area contributed by atoms with E-state index in [1.54, 1.807) is 0 Å². The first kappa shape index (κ1) is 13.9. The van der Waals surface area contributed by atoms with Crippen molar-refractivity contribution in [2.75, 3.05) is 13.2 Å². The molecule has 1 aliphatic heterocycles. The van der Waals surface area contributed by atoms with Crippen molar-refractivity contribution >= 4 is 6.16 Å². The van der Waals surface area contributed by atoms with Crippen molar-refractivity contribution in [3.05, 3.63) is 11.6 Å². The summed E-state index contributed by atoms with van der Waals surface area (Å²) in [6.07, 6.45) is 5.74. The second-order valence-corrected chi connectivity index (χ2v) is 7.40. The summed E-state index contributed by atoms with van der Waals surface area (Å²) in [7, 11) is 0. The van der Waals surface area contributed by atoms with Crippen molar-refractivity contribution in [2.45, 2.75) is 52.1 Å². The maximum Gasteiger partial charge on any atom is 0.509 e. The number of carbonyl (C=O) groups is 1. The largest absolute Gasteiger partial charge is 0.509 e. The molecule has 4 nitrogen and oxygen atoms in total. The van der Waals surface area contributed by atoms with Gasteiger partial charge in [-0.15, -0.1) is 0 Å². The van der Waals surface area contributed by atoms with Crippen LogP contribution in [0.25, 0.3) is 0 Å². The van der Waals surface area contributed by atoms with Crippen LogP contribution in [0.4, 0.5) is 4.79 Å². The van der Waals surface area contributed by atoms with E-state index >= 15 is 0 Å². The molecule has 3 unspecified atom stereocenters. The zero-order chi connectivity index (χ0) is 14.6. The van der Waals surface area contributed by atoms with E-state index in [2.05, 4.69) is 26.8 Å². The van der Waals surface area contributed by atoms with Crippen LogP contribution in [0.2, 0.25) is 0 Å². The highest BCUT2D eigenvalue weighted by Gasteiger charge is 2.65. The molecule has 0 aromatic carbocycles. The van der Waals surface area contributed by atoms with E-state index in [0.717, 1.165) is 24.8 Å². The average molecular weight is 280 g/mol. The Labute approximate surface area is 120 Å². The molecule has 1 saturated heterocycles. The Balaban J connectivity index is 2.11. The summed E-state index contributed by atoms with van der Waals surface area (Å²) in [4.78, 5) is 11.6. The number of carbonyl (C=O) groups excluding carboxylic acids is 1. The van der Waals surface area contributed by atoms with Gasteiger partial charge in [0.1, 0.15) is 6.61 Å². The molecule has 3 rings (SSSR count). The molecule has 1 heterocycles. The predicted octanol–water partition coefficient (Wildman–Crippen LogP) is 3.05. The fraction of sp³-hybridized carbons (Fsp3) is 0.812.